The molecule has 2 atom stereocenters. The van der Waals surface area contributed by atoms with Crippen LogP contribution < -0.4 is 5.32 Å². The van der Waals surface area contributed by atoms with Crippen molar-refractivity contribution in [3.05, 3.63) is 65.7 Å². The molecule has 140 valence electrons. The van der Waals surface area contributed by atoms with Gasteiger partial charge in [-0.1, -0.05) is 42.5 Å². The Hall–Kier alpha value is -2.38. The predicted octanol–water partition coefficient (Wildman–Crippen LogP) is 2.31. The summed E-state index contributed by atoms with van der Waals surface area (Å²) in [6, 6.07) is 15.1. The first kappa shape index (κ1) is 19.9. The predicted molar refractivity (Wildman–Crippen MR) is 98.5 cm³/mol. The standard InChI is InChI=1S/C19H23NO5S/c1-14(21)18(12-15-8-10-17(11-9-15)26(2,23)24)20-19(22)25-13-16-6-4-3-5-7-16/h3-11,14,18,21H,12-13H2,1-2H3,(H,20,22)/t14-,18+/m1/s1. The number of carbonyl (C=O) groups is 1. The van der Waals surface area contributed by atoms with E-state index in [1.807, 2.05) is 30.3 Å². The second-order valence-corrected chi connectivity index (χ2v) is 8.19. The number of hydrogen-bond acceptors (Lipinski definition) is 5. The Morgan fingerprint density at radius 2 is 1.69 bits per heavy atom. The van der Waals surface area contributed by atoms with Gasteiger partial charge in [-0.25, -0.2) is 13.2 Å². The highest BCUT2D eigenvalue weighted by Gasteiger charge is 2.19. The Morgan fingerprint density at radius 3 is 2.23 bits per heavy atom. The molecule has 0 radical (unpaired) electrons. The summed E-state index contributed by atoms with van der Waals surface area (Å²) >= 11 is 0. The van der Waals surface area contributed by atoms with E-state index in [4.69, 9.17) is 4.74 Å². The molecule has 0 aromatic heterocycles. The minimum absolute atomic E-state index is 0.141. The molecule has 2 rings (SSSR count). The monoisotopic (exact) mass is 377 g/mol. The third-order valence-electron chi connectivity index (χ3n) is 3.91. The molecule has 0 heterocycles. The molecule has 0 saturated carbocycles. The van der Waals surface area contributed by atoms with Gasteiger partial charge in [0.2, 0.25) is 0 Å². The summed E-state index contributed by atoms with van der Waals surface area (Å²) in [6.45, 7) is 1.72. The number of benzene rings is 2. The van der Waals surface area contributed by atoms with Crippen molar-refractivity contribution < 1.29 is 23.1 Å². The first-order valence-corrected chi connectivity index (χ1v) is 10.1. The first-order valence-electron chi connectivity index (χ1n) is 8.20. The van der Waals surface area contributed by atoms with Crippen molar-refractivity contribution in [1.82, 2.24) is 5.32 Å². The molecular weight excluding hydrogens is 354 g/mol. The summed E-state index contributed by atoms with van der Waals surface area (Å²) in [5.74, 6) is 0. The lowest BCUT2D eigenvalue weighted by atomic mass is 10.0. The van der Waals surface area contributed by atoms with E-state index in [1.165, 1.54) is 12.1 Å². The van der Waals surface area contributed by atoms with Crippen molar-refractivity contribution in [3.63, 3.8) is 0 Å². The minimum atomic E-state index is -3.26. The van der Waals surface area contributed by atoms with E-state index in [1.54, 1.807) is 19.1 Å². The van der Waals surface area contributed by atoms with E-state index in [9.17, 15) is 18.3 Å². The average molecular weight is 377 g/mol. The van der Waals surface area contributed by atoms with Gasteiger partial charge in [-0.2, -0.15) is 0 Å². The van der Waals surface area contributed by atoms with Crippen molar-refractivity contribution in [2.75, 3.05) is 6.26 Å². The molecule has 0 aliphatic carbocycles. The lowest BCUT2D eigenvalue weighted by Gasteiger charge is -2.21. The second-order valence-electron chi connectivity index (χ2n) is 6.17. The molecular formula is C19H23NO5S. The van der Waals surface area contributed by atoms with Crippen LogP contribution in [0.2, 0.25) is 0 Å². The van der Waals surface area contributed by atoms with Crippen LogP contribution in [0, 0.1) is 0 Å². The Labute approximate surface area is 153 Å². The number of amides is 1. The van der Waals surface area contributed by atoms with Crippen LogP contribution in [-0.2, 0) is 27.6 Å². The Bertz CT molecular complexity index is 817. The van der Waals surface area contributed by atoms with E-state index < -0.39 is 28.1 Å². The van der Waals surface area contributed by atoms with Gasteiger partial charge in [-0.15, -0.1) is 0 Å². The van der Waals surface area contributed by atoms with Gasteiger partial charge in [0, 0.05) is 6.26 Å². The van der Waals surface area contributed by atoms with E-state index in [0.29, 0.717) is 6.42 Å². The number of aliphatic hydroxyl groups is 1. The Balaban J connectivity index is 1.94. The first-order chi connectivity index (χ1) is 12.3. The number of sulfone groups is 1. The molecule has 26 heavy (non-hydrogen) atoms. The highest BCUT2D eigenvalue weighted by molar-refractivity contribution is 7.90. The molecule has 2 aromatic rings. The summed E-state index contributed by atoms with van der Waals surface area (Å²) in [5.41, 5.74) is 1.67. The fraction of sp³-hybridized carbons (Fsp3) is 0.316. The number of rotatable bonds is 7. The maximum absolute atomic E-state index is 12.0. The minimum Gasteiger partial charge on any atom is -0.445 e. The highest BCUT2D eigenvalue weighted by Crippen LogP contribution is 2.13. The van der Waals surface area contributed by atoms with Gasteiger partial charge in [0.05, 0.1) is 17.0 Å². The molecule has 0 aliphatic rings. The molecule has 7 heteroatoms. The Kier molecular flexibility index (Phi) is 6.76. The zero-order valence-corrected chi connectivity index (χ0v) is 15.6. The summed E-state index contributed by atoms with van der Waals surface area (Å²) in [4.78, 5) is 12.2. The number of hydrogen-bond donors (Lipinski definition) is 2. The molecule has 0 fully saturated rings. The zero-order chi connectivity index (χ0) is 19.2. The summed E-state index contributed by atoms with van der Waals surface area (Å²) in [7, 11) is -3.26. The summed E-state index contributed by atoms with van der Waals surface area (Å²) in [5, 5.41) is 12.6. The van der Waals surface area contributed by atoms with E-state index in [2.05, 4.69) is 5.32 Å². The van der Waals surface area contributed by atoms with Crippen LogP contribution in [0.1, 0.15) is 18.1 Å². The van der Waals surface area contributed by atoms with Crippen LogP contribution in [0.25, 0.3) is 0 Å². The lowest BCUT2D eigenvalue weighted by molar-refractivity contribution is 0.109. The summed E-state index contributed by atoms with van der Waals surface area (Å²) in [6.07, 6.45) is 0.0777. The van der Waals surface area contributed by atoms with Gasteiger partial charge >= 0.3 is 6.09 Å². The largest absolute Gasteiger partial charge is 0.445 e. The molecule has 2 aromatic carbocycles. The van der Waals surface area contributed by atoms with Crippen LogP contribution in [0.3, 0.4) is 0 Å². The van der Waals surface area contributed by atoms with E-state index in [-0.39, 0.29) is 11.5 Å². The molecule has 0 spiro atoms. The lowest BCUT2D eigenvalue weighted by Crippen LogP contribution is -2.43. The molecule has 2 N–H and O–H groups in total. The molecule has 1 amide bonds. The van der Waals surface area contributed by atoms with Crippen LogP contribution in [0.4, 0.5) is 4.79 Å². The maximum Gasteiger partial charge on any atom is 0.407 e. The normalized spacial score (nSPS) is 13.7. The topological polar surface area (TPSA) is 92.7 Å². The van der Waals surface area contributed by atoms with Crippen LogP contribution >= 0.6 is 0 Å². The smallest absolute Gasteiger partial charge is 0.407 e. The van der Waals surface area contributed by atoms with Gasteiger partial charge in [-0.05, 0) is 36.6 Å². The van der Waals surface area contributed by atoms with Gasteiger partial charge in [0.1, 0.15) is 6.61 Å². The molecule has 0 saturated heterocycles. The van der Waals surface area contributed by atoms with Crippen molar-refractivity contribution in [3.8, 4) is 0 Å². The van der Waals surface area contributed by atoms with E-state index >= 15 is 0 Å². The quantitative estimate of drug-likeness (QED) is 0.772. The van der Waals surface area contributed by atoms with Crippen LogP contribution in [0.15, 0.2) is 59.5 Å². The number of nitrogens with one attached hydrogen (secondary N) is 1. The van der Waals surface area contributed by atoms with E-state index in [0.717, 1.165) is 17.4 Å². The zero-order valence-electron chi connectivity index (χ0n) is 14.8. The third kappa shape index (κ3) is 6.16. The highest BCUT2D eigenvalue weighted by atomic mass is 32.2. The summed E-state index contributed by atoms with van der Waals surface area (Å²) < 4.78 is 28.2. The maximum atomic E-state index is 12.0. The van der Waals surface area contributed by atoms with Crippen molar-refractivity contribution in [1.29, 1.82) is 0 Å². The van der Waals surface area contributed by atoms with Crippen molar-refractivity contribution in [2.24, 2.45) is 0 Å². The average Bonchev–Trinajstić information content (AvgIpc) is 2.60. The SMILES string of the molecule is C[C@@H](O)[C@H](Cc1ccc(S(C)(=O)=O)cc1)NC(=O)OCc1ccccc1. The van der Waals surface area contributed by atoms with Crippen LogP contribution in [-0.4, -0.2) is 38.0 Å². The van der Waals surface area contributed by atoms with Crippen molar-refractivity contribution >= 4 is 15.9 Å². The van der Waals surface area contributed by atoms with Gasteiger partial charge < -0.3 is 15.2 Å². The second kappa shape index (κ2) is 8.82. The number of carbonyl (C=O) groups excluding carboxylic acids is 1. The van der Waals surface area contributed by atoms with Crippen LogP contribution in [0.5, 0.6) is 0 Å². The van der Waals surface area contributed by atoms with Gasteiger partial charge in [0.25, 0.3) is 0 Å². The fourth-order valence-electron chi connectivity index (χ4n) is 2.39. The fourth-order valence-corrected chi connectivity index (χ4v) is 3.02. The molecule has 0 aliphatic heterocycles. The molecule has 0 bridgehead atoms. The van der Waals surface area contributed by atoms with Gasteiger partial charge in [0.15, 0.2) is 9.84 Å². The Morgan fingerprint density at radius 1 is 1.08 bits per heavy atom. The van der Waals surface area contributed by atoms with Gasteiger partial charge in [-0.3, -0.25) is 0 Å². The third-order valence-corrected chi connectivity index (χ3v) is 5.03. The molecule has 0 unspecified atom stereocenters. The number of alkyl carbamates (subject to hydrolysis) is 1. The number of ether oxygens (including phenoxy) is 1. The molecule has 6 nitrogen and oxygen atoms in total. The number of aliphatic hydroxyl groups excluding tert-OH is 1. The van der Waals surface area contributed by atoms with Crippen molar-refractivity contribution in [2.45, 2.75) is 37.0 Å².